The summed E-state index contributed by atoms with van der Waals surface area (Å²) in [6.45, 7) is 6.36. The molecule has 3 rings (SSSR count). The Morgan fingerprint density at radius 3 is 2.91 bits per heavy atom. The van der Waals surface area contributed by atoms with Crippen molar-refractivity contribution in [2.45, 2.75) is 45.3 Å². The van der Waals surface area contributed by atoms with Crippen molar-refractivity contribution < 1.29 is 9.53 Å². The van der Waals surface area contributed by atoms with Crippen molar-refractivity contribution in [3.05, 3.63) is 27.9 Å². The highest BCUT2D eigenvalue weighted by Crippen LogP contribution is 2.34. The number of nitrogens with one attached hydrogen (secondary N) is 1. The Balaban J connectivity index is 1.78. The number of nitrogens with zero attached hydrogens (tertiary/aromatic N) is 2. The molecule has 0 radical (unpaired) electrons. The Morgan fingerprint density at radius 1 is 1.48 bits per heavy atom. The highest BCUT2D eigenvalue weighted by molar-refractivity contribution is 9.11. The molecule has 7 heteroatoms. The minimum Gasteiger partial charge on any atom is -0.444 e. The van der Waals surface area contributed by atoms with E-state index in [-0.39, 0.29) is 12.1 Å². The lowest BCUT2D eigenvalue weighted by atomic mass is 10.2. The maximum Gasteiger partial charge on any atom is 0.410 e. The predicted molar refractivity (Wildman–Crippen MR) is 94.5 cm³/mol. The number of H-pyrrole nitrogens is 1. The molecule has 1 N–H and O–H groups in total. The van der Waals surface area contributed by atoms with Crippen LogP contribution in [0.4, 0.5) is 4.79 Å². The van der Waals surface area contributed by atoms with E-state index < -0.39 is 5.60 Å². The molecule has 1 fully saturated rings. The van der Waals surface area contributed by atoms with Gasteiger partial charge in [0, 0.05) is 6.54 Å². The number of rotatable bonds is 2. The van der Waals surface area contributed by atoms with Crippen LogP contribution in [0.1, 0.15) is 45.5 Å². The molecule has 1 saturated heterocycles. The molecule has 1 amide bonds. The molecule has 2 aromatic rings. The normalized spacial score (nSPS) is 18.4. The van der Waals surface area contributed by atoms with Crippen molar-refractivity contribution in [1.82, 2.24) is 14.9 Å². The summed E-state index contributed by atoms with van der Waals surface area (Å²) in [7, 11) is 0. The van der Waals surface area contributed by atoms with Crippen LogP contribution in [0, 0.1) is 0 Å². The number of aromatic amines is 1. The van der Waals surface area contributed by atoms with Crippen molar-refractivity contribution in [2.75, 3.05) is 6.54 Å². The number of hydrogen-bond donors (Lipinski definition) is 1. The molecule has 0 aromatic carbocycles. The molecule has 1 aliphatic heterocycles. The molecule has 1 atom stereocenters. The number of likely N-dealkylation sites (tertiary alicyclic amines) is 1. The lowest BCUT2D eigenvalue weighted by molar-refractivity contribution is 0.0219. The summed E-state index contributed by atoms with van der Waals surface area (Å²) in [5.74, 6) is 0.827. The van der Waals surface area contributed by atoms with E-state index in [1.165, 1.54) is 0 Å². The van der Waals surface area contributed by atoms with E-state index >= 15 is 0 Å². The van der Waals surface area contributed by atoms with Crippen molar-refractivity contribution in [1.29, 1.82) is 0 Å². The zero-order valence-electron chi connectivity index (χ0n) is 13.4. The minimum atomic E-state index is -0.484. The molecule has 0 unspecified atom stereocenters. The summed E-state index contributed by atoms with van der Waals surface area (Å²) >= 11 is 5.13. The monoisotopic (exact) mass is 397 g/mol. The van der Waals surface area contributed by atoms with Gasteiger partial charge in [-0.3, -0.25) is 4.90 Å². The van der Waals surface area contributed by atoms with Crippen LogP contribution in [0.15, 0.2) is 22.1 Å². The van der Waals surface area contributed by atoms with Crippen LogP contribution in [0.3, 0.4) is 0 Å². The molecular weight excluding hydrogens is 378 g/mol. The maximum atomic E-state index is 12.4. The van der Waals surface area contributed by atoms with Crippen LogP contribution in [-0.2, 0) is 4.74 Å². The highest BCUT2D eigenvalue weighted by Gasteiger charge is 2.34. The summed E-state index contributed by atoms with van der Waals surface area (Å²) in [6, 6.07) is 4.03. The Labute approximate surface area is 148 Å². The van der Waals surface area contributed by atoms with E-state index in [9.17, 15) is 4.79 Å². The molecule has 5 nitrogen and oxygen atoms in total. The fourth-order valence-electron chi connectivity index (χ4n) is 2.68. The number of thiophene rings is 1. The van der Waals surface area contributed by atoms with Gasteiger partial charge in [-0.25, -0.2) is 9.78 Å². The van der Waals surface area contributed by atoms with E-state index in [1.54, 1.807) is 16.2 Å². The number of imidazole rings is 1. The number of carbonyl (C=O) groups is 1. The van der Waals surface area contributed by atoms with Gasteiger partial charge in [-0.15, -0.1) is 11.3 Å². The molecule has 124 valence electrons. The van der Waals surface area contributed by atoms with Gasteiger partial charge < -0.3 is 9.72 Å². The Hall–Kier alpha value is -1.34. The van der Waals surface area contributed by atoms with Gasteiger partial charge in [0.25, 0.3) is 0 Å². The van der Waals surface area contributed by atoms with Gasteiger partial charge in [-0.1, -0.05) is 0 Å². The maximum absolute atomic E-state index is 12.4. The van der Waals surface area contributed by atoms with Crippen LogP contribution < -0.4 is 0 Å². The highest BCUT2D eigenvalue weighted by atomic mass is 79.9. The van der Waals surface area contributed by atoms with Crippen LogP contribution >= 0.6 is 27.3 Å². The predicted octanol–water partition coefficient (Wildman–Crippen LogP) is 4.97. The number of ether oxygens (including phenoxy) is 1. The Kier molecular flexibility index (Phi) is 4.51. The first-order valence-electron chi connectivity index (χ1n) is 7.64. The number of aromatic nitrogens is 2. The third kappa shape index (κ3) is 3.77. The topological polar surface area (TPSA) is 58.2 Å². The molecule has 0 aliphatic carbocycles. The minimum absolute atomic E-state index is 0.0398. The summed E-state index contributed by atoms with van der Waals surface area (Å²) in [6.07, 6.45) is 3.43. The summed E-state index contributed by atoms with van der Waals surface area (Å²) < 4.78 is 6.59. The second kappa shape index (κ2) is 6.28. The lowest BCUT2D eigenvalue weighted by Gasteiger charge is -2.27. The number of hydrogen-bond acceptors (Lipinski definition) is 4. The van der Waals surface area contributed by atoms with Gasteiger partial charge in [-0.05, 0) is 61.7 Å². The lowest BCUT2D eigenvalue weighted by Crippen LogP contribution is -2.36. The molecule has 0 saturated carbocycles. The van der Waals surface area contributed by atoms with Crippen molar-refractivity contribution >= 4 is 33.4 Å². The van der Waals surface area contributed by atoms with E-state index in [0.717, 1.165) is 33.0 Å². The van der Waals surface area contributed by atoms with Crippen LogP contribution in [-0.4, -0.2) is 33.1 Å². The van der Waals surface area contributed by atoms with Crippen molar-refractivity contribution in [3.8, 4) is 10.6 Å². The second-order valence-corrected chi connectivity index (χ2v) is 9.08. The van der Waals surface area contributed by atoms with Gasteiger partial charge in [0.15, 0.2) is 0 Å². The van der Waals surface area contributed by atoms with E-state index in [4.69, 9.17) is 4.74 Å². The second-order valence-electron chi connectivity index (χ2n) is 6.62. The first-order chi connectivity index (χ1) is 10.8. The first kappa shape index (κ1) is 16.5. The zero-order chi connectivity index (χ0) is 16.6. The summed E-state index contributed by atoms with van der Waals surface area (Å²) in [4.78, 5) is 23.1. The molecule has 2 aromatic heterocycles. The van der Waals surface area contributed by atoms with E-state index in [0.29, 0.717) is 6.54 Å². The largest absolute Gasteiger partial charge is 0.444 e. The van der Waals surface area contributed by atoms with Crippen molar-refractivity contribution in [2.24, 2.45) is 0 Å². The third-order valence-corrected chi connectivity index (χ3v) is 5.29. The van der Waals surface area contributed by atoms with Gasteiger partial charge >= 0.3 is 6.09 Å². The molecule has 3 heterocycles. The Morgan fingerprint density at radius 2 is 2.26 bits per heavy atom. The number of halogens is 1. The van der Waals surface area contributed by atoms with Crippen LogP contribution in [0.5, 0.6) is 0 Å². The van der Waals surface area contributed by atoms with E-state index in [2.05, 4.69) is 25.9 Å². The van der Waals surface area contributed by atoms with Gasteiger partial charge in [0.05, 0.1) is 26.6 Å². The van der Waals surface area contributed by atoms with Gasteiger partial charge in [-0.2, -0.15) is 0 Å². The number of amides is 1. The fraction of sp³-hybridized carbons (Fsp3) is 0.500. The fourth-order valence-corrected chi connectivity index (χ4v) is 4.03. The van der Waals surface area contributed by atoms with Crippen LogP contribution in [0.2, 0.25) is 0 Å². The smallest absolute Gasteiger partial charge is 0.410 e. The van der Waals surface area contributed by atoms with Gasteiger partial charge in [0.2, 0.25) is 0 Å². The molecule has 0 bridgehead atoms. The summed E-state index contributed by atoms with van der Waals surface area (Å²) in [5.41, 5.74) is 0.494. The molecule has 23 heavy (non-hydrogen) atoms. The first-order valence-corrected chi connectivity index (χ1v) is 9.25. The average molecular weight is 398 g/mol. The standard InChI is InChI=1S/C16H20BrN3O2S/c1-16(2,3)22-15(21)20-8-4-5-11(20)14-18-9-10(19-14)12-6-7-13(17)23-12/h6-7,9,11H,4-5,8H2,1-3H3,(H,18,19)/t11-/m1/s1. The quantitative estimate of drug-likeness (QED) is 0.777. The third-order valence-electron chi connectivity index (χ3n) is 3.63. The summed E-state index contributed by atoms with van der Waals surface area (Å²) in [5, 5.41) is 0. The van der Waals surface area contributed by atoms with Crippen molar-refractivity contribution in [3.63, 3.8) is 0 Å². The van der Waals surface area contributed by atoms with Crippen LogP contribution in [0.25, 0.3) is 10.6 Å². The van der Waals surface area contributed by atoms with Gasteiger partial charge in [0.1, 0.15) is 11.4 Å². The SMILES string of the molecule is CC(C)(C)OC(=O)N1CCC[C@@H]1c1ncc(-c2ccc(Br)s2)[nH]1. The number of carbonyl (C=O) groups excluding carboxylic acids is 1. The molecule has 1 aliphatic rings. The Bertz CT molecular complexity index is 704. The average Bonchev–Trinajstić information content (AvgIpc) is 3.15. The molecule has 0 spiro atoms. The van der Waals surface area contributed by atoms with E-state index in [1.807, 2.05) is 39.1 Å². The molecular formula is C16H20BrN3O2S. The zero-order valence-corrected chi connectivity index (χ0v) is 15.8.